The highest BCUT2D eigenvalue weighted by Crippen LogP contribution is 2.29. The molecule has 1 aliphatic heterocycles. The molecule has 0 saturated carbocycles. The van der Waals surface area contributed by atoms with Crippen LogP contribution in [0.2, 0.25) is 0 Å². The first kappa shape index (κ1) is 26.2. The molecule has 0 unspecified atom stereocenters. The predicted molar refractivity (Wildman–Crippen MR) is 125 cm³/mol. The van der Waals surface area contributed by atoms with E-state index in [-0.39, 0.29) is 35.2 Å². The minimum atomic E-state index is -4.37. The fraction of sp³-hybridized carbons (Fsp3) is 0.480. The van der Waals surface area contributed by atoms with Crippen molar-refractivity contribution in [3.63, 3.8) is 0 Å². The Balaban J connectivity index is 1.48. The van der Waals surface area contributed by atoms with Crippen LogP contribution in [0.15, 0.2) is 53.4 Å². The van der Waals surface area contributed by atoms with Gasteiger partial charge in [-0.3, -0.25) is 4.79 Å². The standard InChI is InChI=1S/C25H31F3N2O3S/c1-24(2,3)20-8-10-22(11-9-20)34(32,33)30-16-13-19(14-17-30)23(31)29-15-12-18-4-6-21(7-5-18)25(26,27)28/h4-11,19H,12-17H2,1-3H3,(H,29,31). The van der Waals surface area contributed by atoms with Gasteiger partial charge < -0.3 is 5.32 Å². The molecule has 9 heteroatoms. The van der Waals surface area contributed by atoms with Crippen LogP contribution in [-0.2, 0) is 32.8 Å². The van der Waals surface area contributed by atoms with Crippen LogP contribution in [0.25, 0.3) is 0 Å². The monoisotopic (exact) mass is 496 g/mol. The van der Waals surface area contributed by atoms with Crippen molar-refractivity contribution in [1.29, 1.82) is 0 Å². The van der Waals surface area contributed by atoms with Gasteiger partial charge in [0.15, 0.2) is 0 Å². The smallest absolute Gasteiger partial charge is 0.356 e. The van der Waals surface area contributed by atoms with Crippen molar-refractivity contribution in [3.8, 4) is 0 Å². The number of carbonyl (C=O) groups is 1. The summed E-state index contributed by atoms with van der Waals surface area (Å²) in [5, 5.41) is 2.82. The third-order valence-corrected chi connectivity index (χ3v) is 8.09. The van der Waals surface area contributed by atoms with Gasteiger partial charge in [0.25, 0.3) is 0 Å². The third kappa shape index (κ3) is 6.39. The molecule has 0 radical (unpaired) electrons. The van der Waals surface area contributed by atoms with E-state index in [9.17, 15) is 26.4 Å². The first-order valence-corrected chi connectivity index (χ1v) is 12.8. The van der Waals surface area contributed by atoms with Gasteiger partial charge in [0.05, 0.1) is 10.5 Å². The molecule has 1 aliphatic rings. The number of halogens is 3. The van der Waals surface area contributed by atoms with Crippen LogP contribution in [0, 0.1) is 5.92 Å². The van der Waals surface area contributed by atoms with E-state index in [0.717, 1.165) is 17.7 Å². The topological polar surface area (TPSA) is 66.5 Å². The number of carbonyl (C=O) groups excluding carboxylic acids is 1. The maximum atomic E-state index is 13.0. The number of hydrogen-bond donors (Lipinski definition) is 1. The molecular weight excluding hydrogens is 465 g/mol. The Kier molecular flexibility index (Phi) is 7.77. The Morgan fingerprint density at radius 1 is 0.941 bits per heavy atom. The Bertz CT molecular complexity index is 1080. The van der Waals surface area contributed by atoms with E-state index in [0.29, 0.717) is 31.4 Å². The lowest BCUT2D eigenvalue weighted by Crippen LogP contribution is -2.43. The highest BCUT2D eigenvalue weighted by Gasteiger charge is 2.32. The van der Waals surface area contributed by atoms with Gasteiger partial charge in [-0.05, 0) is 60.1 Å². The molecule has 5 nitrogen and oxygen atoms in total. The van der Waals surface area contributed by atoms with Gasteiger partial charge in [-0.2, -0.15) is 17.5 Å². The number of hydrogen-bond acceptors (Lipinski definition) is 3. The second kappa shape index (κ2) is 10.1. The number of amides is 1. The normalized spacial score (nSPS) is 16.4. The first-order chi connectivity index (χ1) is 15.8. The van der Waals surface area contributed by atoms with Crippen molar-refractivity contribution < 1.29 is 26.4 Å². The van der Waals surface area contributed by atoms with Crippen LogP contribution in [0.1, 0.15) is 50.3 Å². The van der Waals surface area contributed by atoms with E-state index in [2.05, 4.69) is 26.1 Å². The van der Waals surface area contributed by atoms with Crippen molar-refractivity contribution in [1.82, 2.24) is 9.62 Å². The molecule has 0 spiro atoms. The minimum Gasteiger partial charge on any atom is -0.356 e. The van der Waals surface area contributed by atoms with Crippen LogP contribution in [-0.4, -0.2) is 38.3 Å². The van der Waals surface area contributed by atoms with Crippen molar-refractivity contribution in [2.45, 2.75) is 56.5 Å². The van der Waals surface area contributed by atoms with E-state index < -0.39 is 21.8 Å². The van der Waals surface area contributed by atoms with Crippen molar-refractivity contribution in [3.05, 3.63) is 65.2 Å². The summed E-state index contributed by atoms with van der Waals surface area (Å²) in [7, 11) is -3.62. The van der Waals surface area contributed by atoms with Crippen LogP contribution < -0.4 is 5.32 Å². The van der Waals surface area contributed by atoms with Gasteiger partial charge >= 0.3 is 6.18 Å². The highest BCUT2D eigenvalue weighted by molar-refractivity contribution is 7.89. The molecule has 1 N–H and O–H groups in total. The molecule has 0 aliphatic carbocycles. The van der Waals surface area contributed by atoms with Crippen LogP contribution in [0.4, 0.5) is 13.2 Å². The van der Waals surface area contributed by atoms with E-state index in [4.69, 9.17) is 0 Å². The lowest BCUT2D eigenvalue weighted by atomic mass is 9.87. The maximum absolute atomic E-state index is 13.0. The molecule has 1 heterocycles. The summed E-state index contributed by atoms with van der Waals surface area (Å²) in [6.45, 7) is 7.03. The molecule has 0 aromatic heterocycles. The number of nitrogens with one attached hydrogen (secondary N) is 1. The molecule has 2 aromatic rings. The Morgan fingerprint density at radius 2 is 1.47 bits per heavy atom. The number of nitrogens with zero attached hydrogens (tertiary/aromatic N) is 1. The van der Waals surface area contributed by atoms with Gasteiger partial charge in [0, 0.05) is 25.6 Å². The van der Waals surface area contributed by atoms with Crippen molar-refractivity contribution in [2.24, 2.45) is 5.92 Å². The molecule has 1 fully saturated rings. The molecule has 1 amide bonds. The molecule has 186 valence electrons. The zero-order valence-electron chi connectivity index (χ0n) is 19.7. The molecular formula is C25H31F3N2O3S. The largest absolute Gasteiger partial charge is 0.416 e. The van der Waals surface area contributed by atoms with E-state index in [1.165, 1.54) is 16.4 Å². The third-order valence-electron chi connectivity index (χ3n) is 6.18. The maximum Gasteiger partial charge on any atom is 0.416 e. The SMILES string of the molecule is CC(C)(C)c1ccc(S(=O)(=O)N2CCC(C(=O)NCCc3ccc(C(F)(F)F)cc3)CC2)cc1. The molecule has 0 bridgehead atoms. The highest BCUT2D eigenvalue weighted by atomic mass is 32.2. The number of sulfonamides is 1. The fourth-order valence-electron chi connectivity index (χ4n) is 3.97. The molecule has 1 saturated heterocycles. The van der Waals surface area contributed by atoms with Gasteiger partial charge in [0.2, 0.25) is 15.9 Å². The van der Waals surface area contributed by atoms with Gasteiger partial charge in [0.1, 0.15) is 0 Å². The summed E-state index contributed by atoms with van der Waals surface area (Å²) in [5.74, 6) is -0.444. The summed E-state index contributed by atoms with van der Waals surface area (Å²) >= 11 is 0. The molecule has 3 rings (SSSR count). The second-order valence-corrected chi connectivity index (χ2v) is 11.6. The van der Waals surface area contributed by atoms with Crippen LogP contribution in [0.3, 0.4) is 0 Å². The van der Waals surface area contributed by atoms with Crippen LogP contribution >= 0.6 is 0 Å². The Labute approximate surface area is 199 Å². The summed E-state index contributed by atoms with van der Waals surface area (Å²) in [6, 6.07) is 11.8. The number of rotatable bonds is 6. The molecule has 2 aromatic carbocycles. The lowest BCUT2D eigenvalue weighted by molar-refractivity contribution is -0.137. The lowest BCUT2D eigenvalue weighted by Gasteiger charge is -2.30. The number of piperidine rings is 1. The number of alkyl halides is 3. The van der Waals surface area contributed by atoms with Gasteiger partial charge in [-0.1, -0.05) is 45.0 Å². The summed E-state index contributed by atoms with van der Waals surface area (Å²) in [4.78, 5) is 12.8. The van der Waals surface area contributed by atoms with E-state index in [1.807, 2.05) is 12.1 Å². The van der Waals surface area contributed by atoms with E-state index >= 15 is 0 Å². The Morgan fingerprint density at radius 3 is 1.97 bits per heavy atom. The van der Waals surface area contributed by atoms with E-state index in [1.54, 1.807) is 12.1 Å². The van der Waals surface area contributed by atoms with Gasteiger partial charge in [-0.15, -0.1) is 0 Å². The molecule has 34 heavy (non-hydrogen) atoms. The first-order valence-electron chi connectivity index (χ1n) is 11.3. The zero-order valence-corrected chi connectivity index (χ0v) is 20.5. The Hall–Kier alpha value is -2.39. The average Bonchev–Trinajstić information content (AvgIpc) is 2.78. The second-order valence-electron chi connectivity index (χ2n) is 9.69. The summed E-state index contributed by atoms with van der Waals surface area (Å²) in [5.41, 5.74) is 0.984. The van der Waals surface area contributed by atoms with Crippen molar-refractivity contribution >= 4 is 15.9 Å². The summed E-state index contributed by atoms with van der Waals surface area (Å²) < 4.78 is 65.3. The van der Waals surface area contributed by atoms with Gasteiger partial charge in [-0.25, -0.2) is 8.42 Å². The van der Waals surface area contributed by atoms with Crippen LogP contribution in [0.5, 0.6) is 0 Å². The summed E-state index contributed by atoms with van der Waals surface area (Å²) in [6.07, 6.45) is -3.11. The predicted octanol–water partition coefficient (Wildman–Crippen LogP) is 4.76. The fourth-order valence-corrected chi connectivity index (χ4v) is 5.44. The zero-order chi connectivity index (χ0) is 25.1. The molecule has 0 atom stereocenters. The average molecular weight is 497 g/mol. The van der Waals surface area contributed by atoms with Crippen molar-refractivity contribution in [2.75, 3.05) is 19.6 Å². The number of benzene rings is 2. The quantitative estimate of drug-likeness (QED) is 0.627. The minimum absolute atomic E-state index is 0.0689.